The van der Waals surface area contributed by atoms with Crippen molar-refractivity contribution in [1.82, 2.24) is 0 Å². The van der Waals surface area contributed by atoms with Crippen LogP contribution >= 0.6 is 15.9 Å². The van der Waals surface area contributed by atoms with Gasteiger partial charge in [-0.25, -0.2) is 0 Å². The maximum absolute atomic E-state index is 6.75. The lowest BCUT2D eigenvalue weighted by Crippen LogP contribution is -2.41. The topological polar surface area (TPSA) is 35.2 Å². The molecule has 0 saturated heterocycles. The SMILES string of the molecule is CCCC1CCCC(N)(Cc2cc(Br)ccc2OC)CC1. The van der Waals surface area contributed by atoms with Gasteiger partial charge in [0.05, 0.1) is 7.11 Å². The molecule has 2 N–H and O–H groups in total. The zero-order valence-electron chi connectivity index (χ0n) is 13.3. The van der Waals surface area contributed by atoms with E-state index in [2.05, 4.69) is 28.9 Å². The van der Waals surface area contributed by atoms with Crippen molar-refractivity contribution < 1.29 is 4.74 Å². The number of hydrogen-bond donors (Lipinski definition) is 1. The van der Waals surface area contributed by atoms with Crippen molar-refractivity contribution in [3.05, 3.63) is 28.2 Å². The van der Waals surface area contributed by atoms with Gasteiger partial charge in [-0.05, 0) is 55.4 Å². The van der Waals surface area contributed by atoms with Gasteiger partial charge in [-0.3, -0.25) is 0 Å². The van der Waals surface area contributed by atoms with Gasteiger partial charge in [-0.2, -0.15) is 0 Å². The first-order chi connectivity index (χ1) is 10.1. The fourth-order valence-corrected chi connectivity index (χ4v) is 4.05. The maximum atomic E-state index is 6.75. The molecule has 2 atom stereocenters. The van der Waals surface area contributed by atoms with Crippen molar-refractivity contribution in [1.29, 1.82) is 0 Å². The van der Waals surface area contributed by atoms with Gasteiger partial charge in [0.2, 0.25) is 0 Å². The Balaban J connectivity index is 2.09. The molecule has 21 heavy (non-hydrogen) atoms. The predicted molar refractivity (Wildman–Crippen MR) is 92.8 cm³/mol. The summed E-state index contributed by atoms with van der Waals surface area (Å²) in [6.45, 7) is 2.28. The molecule has 0 radical (unpaired) electrons. The molecule has 0 bridgehead atoms. The van der Waals surface area contributed by atoms with Crippen LogP contribution in [-0.2, 0) is 6.42 Å². The van der Waals surface area contributed by atoms with Gasteiger partial charge in [-0.15, -0.1) is 0 Å². The Morgan fingerprint density at radius 2 is 2.14 bits per heavy atom. The molecule has 2 nitrogen and oxygen atoms in total. The zero-order valence-corrected chi connectivity index (χ0v) is 14.9. The van der Waals surface area contributed by atoms with Crippen molar-refractivity contribution in [2.75, 3.05) is 7.11 Å². The second-order valence-corrected chi connectivity index (χ2v) is 7.50. The molecule has 1 fully saturated rings. The fourth-order valence-electron chi connectivity index (χ4n) is 3.64. The van der Waals surface area contributed by atoms with Crippen molar-refractivity contribution in [3.8, 4) is 5.75 Å². The average Bonchev–Trinajstić information content (AvgIpc) is 2.62. The smallest absolute Gasteiger partial charge is 0.122 e. The third kappa shape index (κ3) is 4.72. The summed E-state index contributed by atoms with van der Waals surface area (Å²) in [5.41, 5.74) is 7.90. The first kappa shape index (κ1) is 16.8. The van der Waals surface area contributed by atoms with Crippen LogP contribution in [0.4, 0.5) is 0 Å². The van der Waals surface area contributed by atoms with E-state index in [-0.39, 0.29) is 5.54 Å². The quantitative estimate of drug-likeness (QED) is 0.749. The summed E-state index contributed by atoms with van der Waals surface area (Å²) in [6, 6.07) is 6.21. The summed E-state index contributed by atoms with van der Waals surface area (Å²) >= 11 is 3.56. The molecule has 2 unspecified atom stereocenters. The normalized spacial score (nSPS) is 26.4. The minimum absolute atomic E-state index is 0.0729. The van der Waals surface area contributed by atoms with Gasteiger partial charge in [0.1, 0.15) is 5.75 Å². The second kappa shape index (κ2) is 7.64. The van der Waals surface area contributed by atoms with Crippen molar-refractivity contribution in [2.45, 2.75) is 63.8 Å². The molecule has 1 aromatic rings. The van der Waals surface area contributed by atoms with Gasteiger partial charge in [0.25, 0.3) is 0 Å². The number of methoxy groups -OCH3 is 1. The van der Waals surface area contributed by atoms with Crippen molar-refractivity contribution in [2.24, 2.45) is 11.7 Å². The average molecular weight is 354 g/mol. The van der Waals surface area contributed by atoms with Crippen LogP contribution in [-0.4, -0.2) is 12.6 Å². The van der Waals surface area contributed by atoms with E-state index in [1.807, 2.05) is 12.1 Å². The Morgan fingerprint density at radius 1 is 1.33 bits per heavy atom. The second-order valence-electron chi connectivity index (χ2n) is 6.58. The molecule has 0 spiro atoms. The van der Waals surface area contributed by atoms with Crippen LogP contribution in [0.5, 0.6) is 5.75 Å². The van der Waals surface area contributed by atoms with Gasteiger partial charge in [0, 0.05) is 10.0 Å². The highest BCUT2D eigenvalue weighted by atomic mass is 79.9. The van der Waals surface area contributed by atoms with Crippen molar-refractivity contribution >= 4 is 15.9 Å². The molecule has 1 aliphatic rings. The summed E-state index contributed by atoms with van der Waals surface area (Å²) in [6.07, 6.45) is 9.71. The molecule has 3 heteroatoms. The first-order valence-corrected chi connectivity index (χ1v) is 8.97. The molecule has 0 aliphatic heterocycles. The molecule has 0 heterocycles. The summed E-state index contributed by atoms with van der Waals surface area (Å²) < 4.78 is 6.60. The van der Waals surface area contributed by atoms with E-state index >= 15 is 0 Å². The Kier molecular flexibility index (Phi) is 6.12. The summed E-state index contributed by atoms with van der Waals surface area (Å²) in [7, 11) is 1.74. The molecule has 0 aromatic heterocycles. The minimum Gasteiger partial charge on any atom is -0.496 e. The van der Waals surface area contributed by atoms with Crippen LogP contribution in [0.25, 0.3) is 0 Å². The number of rotatable bonds is 5. The lowest BCUT2D eigenvalue weighted by atomic mass is 9.84. The fraction of sp³-hybridized carbons (Fsp3) is 0.667. The highest BCUT2D eigenvalue weighted by molar-refractivity contribution is 9.10. The van der Waals surface area contributed by atoms with E-state index in [1.165, 1.54) is 37.7 Å². The van der Waals surface area contributed by atoms with Crippen LogP contribution in [0.1, 0.15) is 57.4 Å². The molecule has 1 aliphatic carbocycles. The number of benzene rings is 1. The zero-order chi connectivity index (χ0) is 15.3. The summed E-state index contributed by atoms with van der Waals surface area (Å²) in [5, 5.41) is 0. The molecule has 2 rings (SSSR count). The largest absolute Gasteiger partial charge is 0.496 e. The molecular formula is C18H28BrNO. The van der Waals surface area contributed by atoms with E-state index in [0.717, 1.165) is 35.4 Å². The lowest BCUT2D eigenvalue weighted by Gasteiger charge is -2.29. The van der Waals surface area contributed by atoms with Crippen LogP contribution < -0.4 is 10.5 Å². The molecule has 1 aromatic carbocycles. The molecule has 1 saturated carbocycles. The Labute approximate surface area is 137 Å². The highest BCUT2D eigenvalue weighted by Gasteiger charge is 2.30. The number of hydrogen-bond acceptors (Lipinski definition) is 2. The van der Waals surface area contributed by atoms with Gasteiger partial charge in [-0.1, -0.05) is 48.5 Å². The van der Waals surface area contributed by atoms with E-state index < -0.39 is 0 Å². The third-order valence-corrected chi connectivity index (χ3v) is 5.31. The molecular weight excluding hydrogens is 326 g/mol. The van der Waals surface area contributed by atoms with Gasteiger partial charge < -0.3 is 10.5 Å². The Bertz CT molecular complexity index is 463. The van der Waals surface area contributed by atoms with E-state index in [1.54, 1.807) is 7.11 Å². The third-order valence-electron chi connectivity index (χ3n) is 4.82. The van der Waals surface area contributed by atoms with Crippen LogP contribution in [0.3, 0.4) is 0 Å². The predicted octanol–water partition coefficient (Wildman–Crippen LogP) is 5.08. The minimum atomic E-state index is -0.0729. The highest BCUT2D eigenvalue weighted by Crippen LogP contribution is 2.35. The van der Waals surface area contributed by atoms with Crippen LogP contribution in [0.2, 0.25) is 0 Å². The van der Waals surface area contributed by atoms with E-state index in [4.69, 9.17) is 10.5 Å². The monoisotopic (exact) mass is 353 g/mol. The lowest BCUT2D eigenvalue weighted by molar-refractivity contribution is 0.345. The maximum Gasteiger partial charge on any atom is 0.122 e. The number of nitrogens with two attached hydrogens (primary N) is 1. The van der Waals surface area contributed by atoms with E-state index in [0.29, 0.717) is 0 Å². The van der Waals surface area contributed by atoms with Gasteiger partial charge in [0.15, 0.2) is 0 Å². The Hall–Kier alpha value is -0.540. The summed E-state index contributed by atoms with van der Waals surface area (Å²) in [5.74, 6) is 1.84. The van der Waals surface area contributed by atoms with Crippen LogP contribution in [0, 0.1) is 5.92 Å². The summed E-state index contributed by atoms with van der Waals surface area (Å²) in [4.78, 5) is 0. The number of ether oxygens (including phenoxy) is 1. The van der Waals surface area contributed by atoms with Gasteiger partial charge >= 0.3 is 0 Å². The first-order valence-electron chi connectivity index (χ1n) is 8.17. The molecule has 0 amide bonds. The van der Waals surface area contributed by atoms with Crippen molar-refractivity contribution in [3.63, 3.8) is 0 Å². The standard InChI is InChI=1S/C18H28BrNO/c1-3-5-14-6-4-10-18(20,11-9-14)13-15-12-16(19)7-8-17(15)21-2/h7-8,12,14H,3-6,9-11,13,20H2,1-2H3. The van der Waals surface area contributed by atoms with E-state index in [9.17, 15) is 0 Å². The van der Waals surface area contributed by atoms with Crippen LogP contribution in [0.15, 0.2) is 22.7 Å². The molecule has 118 valence electrons. The Morgan fingerprint density at radius 3 is 2.86 bits per heavy atom. The number of halogens is 1.